The molecule has 0 saturated carbocycles. The van der Waals surface area contributed by atoms with Crippen LogP contribution in [0.2, 0.25) is 0 Å². The molecule has 12 unspecified atom stereocenters. The fraction of sp³-hybridized carbons (Fsp3) is 0.775. The van der Waals surface area contributed by atoms with Crippen LogP contribution in [-0.4, -0.2) is 140 Å². The predicted octanol–water partition coefficient (Wildman–Crippen LogP) is 2.20. The van der Waals surface area contributed by atoms with Crippen molar-refractivity contribution in [1.29, 1.82) is 0 Å². The highest BCUT2D eigenvalue weighted by molar-refractivity contribution is 5.76. The summed E-state index contributed by atoms with van der Waals surface area (Å²) < 4.78 is 22.5. The van der Waals surface area contributed by atoms with E-state index in [-0.39, 0.29) is 18.9 Å². The second kappa shape index (κ2) is 28.4. The first kappa shape index (κ1) is 48.1. The van der Waals surface area contributed by atoms with Gasteiger partial charge in [0.25, 0.3) is 0 Å². The largest absolute Gasteiger partial charge is 0.394 e. The van der Waals surface area contributed by atoms with Crippen LogP contribution in [0.4, 0.5) is 0 Å². The molecule has 1 amide bonds. The van der Waals surface area contributed by atoms with Crippen molar-refractivity contribution in [3.63, 3.8) is 0 Å². The van der Waals surface area contributed by atoms with Gasteiger partial charge in [-0.2, -0.15) is 0 Å². The molecule has 0 aromatic heterocycles. The minimum atomic E-state index is -1.79. The third kappa shape index (κ3) is 17.4. The van der Waals surface area contributed by atoms with E-state index in [0.717, 1.165) is 70.6 Å². The van der Waals surface area contributed by atoms with Gasteiger partial charge in [0.05, 0.1) is 32.0 Å². The van der Waals surface area contributed by atoms with Gasteiger partial charge in [0, 0.05) is 6.42 Å². The molecule has 2 aliphatic rings. The van der Waals surface area contributed by atoms with Gasteiger partial charge < -0.3 is 65.1 Å². The van der Waals surface area contributed by atoms with Crippen LogP contribution < -0.4 is 5.32 Å². The van der Waals surface area contributed by atoms with E-state index in [2.05, 4.69) is 55.6 Å². The number of hydrogen-bond acceptors (Lipinski definition) is 13. The van der Waals surface area contributed by atoms with Crippen molar-refractivity contribution in [2.75, 3.05) is 19.8 Å². The summed E-state index contributed by atoms with van der Waals surface area (Å²) in [6, 6.07) is -0.925. The standard InChI is InChI=1S/C40H69NO13/c1-3-5-7-9-11-12-13-14-15-16-18-20-22-24-32(45)41-28(29(44)23-21-19-17-10-8-6-4-2)27-51-39-37(50)35(48)38(31(26-43)53-39)54-40-36(49)34(47)33(46)30(25-42)52-40/h5,7,11-12,14-15,21,23,28-31,33-40,42-44,46-50H,3-4,6,8-10,13,16-20,22,24-27H2,1-2H3,(H,41,45)/b7-5-,12-11-,15-14-,23-21+. The lowest BCUT2D eigenvalue weighted by atomic mass is 9.97. The van der Waals surface area contributed by atoms with Crippen molar-refractivity contribution in [3.05, 3.63) is 48.6 Å². The number of nitrogens with one attached hydrogen (secondary N) is 1. The summed E-state index contributed by atoms with van der Waals surface area (Å²) in [5.41, 5.74) is 0. The highest BCUT2D eigenvalue weighted by Crippen LogP contribution is 2.29. The molecule has 2 aliphatic heterocycles. The Kier molecular flexibility index (Phi) is 25.3. The van der Waals surface area contributed by atoms with Gasteiger partial charge in [0.15, 0.2) is 12.6 Å². The van der Waals surface area contributed by atoms with Gasteiger partial charge in [0.1, 0.15) is 48.8 Å². The molecule has 0 aromatic rings. The Morgan fingerprint density at radius 2 is 1.28 bits per heavy atom. The van der Waals surface area contributed by atoms with Crippen LogP contribution in [0.15, 0.2) is 48.6 Å². The zero-order chi connectivity index (χ0) is 39.7. The SMILES string of the molecule is CC/C=C\C/C=C\C/C=C\CCCCCC(=O)NC(COC1OC(CO)C(OC2OC(CO)C(O)C(O)C2O)C(O)C1O)C(O)/C=C/CCCCCCC. The monoisotopic (exact) mass is 771 g/mol. The molecular formula is C40H69NO13. The Bertz CT molecular complexity index is 1100. The molecule has 14 nitrogen and oxygen atoms in total. The fourth-order valence-corrected chi connectivity index (χ4v) is 6.18. The second-order valence-corrected chi connectivity index (χ2v) is 14.0. The van der Waals surface area contributed by atoms with E-state index in [4.69, 9.17) is 18.9 Å². The van der Waals surface area contributed by atoms with Crippen molar-refractivity contribution < 1.29 is 64.6 Å². The summed E-state index contributed by atoms with van der Waals surface area (Å²) in [5.74, 6) is -0.278. The van der Waals surface area contributed by atoms with Crippen LogP contribution in [0.3, 0.4) is 0 Å². The number of allylic oxidation sites excluding steroid dienone is 7. The summed E-state index contributed by atoms with van der Waals surface area (Å²) in [6.07, 6.45) is 12.0. The molecule has 54 heavy (non-hydrogen) atoms. The van der Waals surface area contributed by atoms with Gasteiger partial charge in [-0.05, 0) is 51.4 Å². The molecule has 9 N–H and O–H groups in total. The smallest absolute Gasteiger partial charge is 0.220 e. The van der Waals surface area contributed by atoms with E-state index < -0.39 is 86.8 Å². The number of hydrogen-bond donors (Lipinski definition) is 9. The Balaban J connectivity index is 1.95. The predicted molar refractivity (Wildman–Crippen MR) is 203 cm³/mol. The van der Waals surface area contributed by atoms with Gasteiger partial charge in [-0.3, -0.25) is 4.79 Å². The molecule has 12 atom stereocenters. The second-order valence-electron chi connectivity index (χ2n) is 14.0. The normalized spacial score (nSPS) is 30.6. The molecule has 2 rings (SSSR count). The van der Waals surface area contributed by atoms with E-state index in [1.54, 1.807) is 6.08 Å². The number of carbonyl (C=O) groups excluding carboxylic acids is 1. The minimum absolute atomic E-state index is 0.243. The van der Waals surface area contributed by atoms with Gasteiger partial charge in [0.2, 0.25) is 5.91 Å². The molecule has 14 heteroatoms. The summed E-state index contributed by atoms with van der Waals surface area (Å²) in [7, 11) is 0. The van der Waals surface area contributed by atoms with Crippen molar-refractivity contribution in [2.24, 2.45) is 0 Å². The van der Waals surface area contributed by atoms with Crippen molar-refractivity contribution in [1.82, 2.24) is 5.32 Å². The topological polar surface area (TPSA) is 228 Å². The average Bonchev–Trinajstić information content (AvgIpc) is 3.17. The number of aliphatic hydroxyl groups is 8. The number of carbonyl (C=O) groups is 1. The van der Waals surface area contributed by atoms with Crippen molar-refractivity contribution in [2.45, 2.75) is 177 Å². The molecule has 312 valence electrons. The van der Waals surface area contributed by atoms with E-state index in [1.807, 2.05) is 6.08 Å². The average molecular weight is 772 g/mol. The number of unbranched alkanes of at least 4 members (excludes halogenated alkanes) is 8. The molecule has 2 fully saturated rings. The maximum absolute atomic E-state index is 13.0. The lowest BCUT2D eigenvalue weighted by molar-refractivity contribution is -0.359. The first-order chi connectivity index (χ1) is 26.1. The fourth-order valence-electron chi connectivity index (χ4n) is 6.18. The maximum atomic E-state index is 13.0. The molecular weight excluding hydrogens is 702 g/mol. The number of amides is 1. The summed E-state index contributed by atoms with van der Waals surface area (Å²) in [6.45, 7) is 2.52. The minimum Gasteiger partial charge on any atom is -0.394 e. The number of ether oxygens (including phenoxy) is 4. The molecule has 0 radical (unpaired) electrons. The summed E-state index contributed by atoms with van der Waals surface area (Å²) in [5, 5.41) is 85.9. The quantitative estimate of drug-likeness (QED) is 0.0432. The Labute approximate surface area is 321 Å². The molecule has 0 aromatic carbocycles. The highest BCUT2D eigenvalue weighted by atomic mass is 16.7. The number of rotatable bonds is 27. The Morgan fingerprint density at radius 1 is 0.685 bits per heavy atom. The third-order valence-corrected chi connectivity index (χ3v) is 9.52. The lowest BCUT2D eigenvalue weighted by Gasteiger charge is -2.46. The van der Waals surface area contributed by atoms with Crippen molar-refractivity contribution >= 4 is 5.91 Å². The van der Waals surface area contributed by atoms with E-state index in [9.17, 15) is 45.6 Å². The van der Waals surface area contributed by atoms with Gasteiger partial charge in [-0.1, -0.05) is 94.6 Å². The third-order valence-electron chi connectivity index (χ3n) is 9.52. The van der Waals surface area contributed by atoms with Crippen LogP contribution in [0.5, 0.6) is 0 Å². The van der Waals surface area contributed by atoms with Gasteiger partial charge in [-0.25, -0.2) is 0 Å². The maximum Gasteiger partial charge on any atom is 0.220 e. The van der Waals surface area contributed by atoms with Crippen LogP contribution in [0.25, 0.3) is 0 Å². The van der Waals surface area contributed by atoms with Crippen LogP contribution in [0, 0.1) is 0 Å². The molecule has 0 bridgehead atoms. The first-order valence-corrected chi connectivity index (χ1v) is 19.9. The van der Waals surface area contributed by atoms with Crippen LogP contribution in [-0.2, 0) is 23.7 Å². The zero-order valence-corrected chi connectivity index (χ0v) is 32.2. The molecule has 2 saturated heterocycles. The summed E-state index contributed by atoms with van der Waals surface area (Å²) >= 11 is 0. The van der Waals surface area contributed by atoms with Crippen molar-refractivity contribution in [3.8, 4) is 0 Å². The molecule has 2 heterocycles. The first-order valence-electron chi connectivity index (χ1n) is 19.9. The van der Waals surface area contributed by atoms with Gasteiger partial charge in [-0.15, -0.1) is 0 Å². The molecule has 0 spiro atoms. The lowest BCUT2D eigenvalue weighted by Crippen LogP contribution is -2.65. The number of aliphatic hydroxyl groups excluding tert-OH is 8. The van der Waals surface area contributed by atoms with Crippen LogP contribution in [0.1, 0.15) is 104 Å². The Morgan fingerprint density at radius 3 is 1.94 bits per heavy atom. The zero-order valence-electron chi connectivity index (χ0n) is 32.2. The van der Waals surface area contributed by atoms with Gasteiger partial charge >= 0.3 is 0 Å². The molecule has 0 aliphatic carbocycles. The Hall–Kier alpha value is -2.05. The summed E-state index contributed by atoms with van der Waals surface area (Å²) in [4.78, 5) is 13.0. The highest BCUT2D eigenvalue weighted by Gasteiger charge is 2.50. The van der Waals surface area contributed by atoms with E-state index >= 15 is 0 Å². The van der Waals surface area contributed by atoms with E-state index in [0.29, 0.717) is 6.42 Å². The van der Waals surface area contributed by atoms with Crippen LogP contribution >= 0.6 is 0 Å². The van der Waals surface area contributed by atoms with E-state index in [1.165, 1.54) is 6.42 Å².